The van der Waals surface area contributed by atoms with Gasteiger partial charge < -0.3 is 0 Å². The van der Waals surface area contributed by atoms with E-state index < -0.39 is 11.0 Å². The van der Waals surface area contributed by atoms with E-state index in [4.69, 9.17) is 5.14 Å². The highest BCUT2D eigenvalue weighted by Crippen LogP contribution is 2.27. The molecule has 0 bridgehead atoms. The topological polar surface area (TPSA) is 43.1 Å². The zero-order chi connectivity index (χ0) is 12.2. The van der Waals surface area contributed by atoms with Crippen molar-refractivity contribution in [1.29, 1.82) is 0 Å². The maximum atomic E-state index is 11.4. The zero-order valence-corrected chi connectivity index (χ0v) is 11.7. The third-order valence-electron chi connectivity index (χ3n) is 3.51. The van der Waals surface area contributed by atoms with Gasteiger partial charge in [0.15, 0.2) is 0 Å². The molecular formula is C12H25NOS. The molecule has 0 aliphatic rings. The summed E-state index contributed by atoms with van der Waals surface area (Å²) in [7, 11) is -1.25. The van der Waals surface area contributed by atoms with Crippen molar-refractivity contribution in [3.63, 3.8) is 0 Å². The Labute approximate surface area is 96.9 Å². The van der Waals surface area contributed by atoms with Gasteiger partial charge in [0.2, 0.25) is 0 Å². The van der Waals surface area contributed by atoms with Crippen LogP contribution < -0.4 is 5.14 Å². The molecule has 0 radical (unpaired) electrons. The molecule has 0 saturated heterocycles. The van der Waals surface area contributed by atoms with E-state index in [1.807, 2.05) is 13.8 Å². The Balaban J connectivity index is 4.34. The molecule has 0 aromatic heterocycles. The summed E-state index contributed by atoms with van der Waals surface area (Å²) in [5.74, 6) is 0.373. The van der Waals surface area contributed by atoms with Crippen LogP contribution in [0.1, 0.15) is 54.4 Å². The fraction of sp³-hybridized carbons (Fsp3) is 0.833. The Hall–Kier alpha value is -0.150. The molecule has 2 unspecified atom stereocenters. The smallest absolute Gasteiger partial charge is 0.0948 e. The molecule has 0 saturated carbocycles. The van der Waals surface area contributed by atoms with Crippen LogP contribution in [0, 0.1) is 5.92 Å². The highest BCUT2D eigenvalue weighted by atomic mass is 32.2. The van der Waals surface area contributed by atoms with E-state index in [2.05, 4.69) is 27.7 Å². The lowest BCUT2D eigenvalue weighted by Gasteiger charge is -2.29. The van der Waals surface area contributed by atoms with Crippen LogP contribution >= 0.6 is 0 Å². The van der Waals surface area contributed by atoms with Crippen molar-refractivity contribution < 1.29 is 4.21 Å². The maximum Gasteiger partial charge on any atom is 0.0948 e. The van der Waals surface area contributed by atoms with Gasteiger partial charge >= 0.3 is 0 Å². The van der Waals surface area contributed by atoms with E-state index in [1.54, 1.807) is 0 Å². The molecule has 2 atom stereocenters. The van der Waals surface area contributed by atoms with Crippen LogP contribution in [0.5, 0.6) is 0 Å². The predicted molar refractivity (Wildman–Crippen MR) is 68.9 cm³/mol. The maximum absolute atomic E-state index is 11.4. The number of hydrogen-bond donors (Lipinski definition) is 1. The Morgan fingerprint density at radius 2 is 1.80 bits per heavy atom. The second kappa shape index (κ2) is 5.80. The van der Waals surface area contributed by atoms with Crippen LogP contribution in [0.4, 0.5) is 0 Å². The second-order valence-corrected chi connectivity index (χ2v) is 6.77. The van der Waals surface area contributed by atoms with Gasteiger partial charge in [-0.15, -0.1) is 0 Å². The first kappa shape index (κ1) is 14.8. The first-order chi connectivity index (χ1) is 6.69. The molecule has 0 aliphatic carbocycles. The Morgan fingerprint density at radius 1 is 1.33 bits per heavy atom. The Bertz CT molecular complexity index is 265. The second-order valence-electron chi connectivity index (χ2n) is 5.12. The van der Waals surface area contributed by atoms with Gasteiger partial charge in [0.1, 0.15) is 0 Å². The summed E-state index contributed by atoms with van der Waals surface area (Å²) in [4.78, 5) is 0. The SMILES string of the molecule is CC(C)=C(C)CCC(C)C(C)(C)S(N)=O. The first-order valence-electron chi connectivity index (χ1n) is 5.48. The fourth-order valence-electron chi connectivity index (χ4n) is 1.23. The zero-order valence-electron chi connectivity index (χ0n) is 10.9. The van der Waals surface area contributed by atoms with Crippen LogP contribution in [-0.2, 0) is 11.0 Å². The van der Waals surface area contributed by atoms with Crippen LogP contribution in [-0.4, -0.2) is 8.96 Å². The summed E-state index contributed by atoms with van der Waals surface area (Å²) in [5.41, 5.74) is 2.81. The van der Waals surface area contributed by atoms with Gasteiger partial charge in [-0.2, -0.15) is 0 Å². The van der Waals surface area contributed by atoms with Gasteiger partial charge in [0, 0.05) is 0 Å². The first-order valence-corrected chi connectivity index (χ1v) is 6.70. The molecule has 0 aliphatic heterocycles. The fourth-order valence-corrected chi connectivity index (χ4v) is 1.74. The standard InChI is InChI=1S/C12H25NOS/c1-9(2)10(3)7-8-11(4)12(5,6)15(13)14/h11H,7-8,13H2,1-6H3. The van der Waals surface area contributed by atoms with E-state index in [1.165, 1.54) is 11.1 Å². The lowest BCUT2D eigenvalue weighted by molar-refractivity contribution is 0.418. The monoisotopic (exact) mass is 231 g/mol. The van der Waals surface area contributed by atoms with Crippen molar-refractivity contribution in [2.75, 3.05) is 0 Å². The minimum Gasteiger partial charge on any atom is -0.251 e. The molecule has 0 heterocycles. The number of hydrogen-bond acceptors (Lipinski definition) is 1. The van der Waals surface area contributed by atoms with Crippen LogP contribution in [0.25, 0.3) is 0 Å². The Kier molecular flexibility index (Phi) is 5.75. The van der Waals surface area contributed by atoms with Gasteiger partial charge in [-0.1, -0.05) is 18.1 Å². The van der Waals surface area contributed by atoms with Gasteiger partial charge in [-0.3, -0.25) is 5.14 Å². The highest BCUT2D eigenvalue weighted by molar-refractivity contribution is 7.84. The summed E-state index contributed by atoms with van der Waals surface area (Å²) in [6, 6.07) is 0. The van der Waals surface area contributed by atoms with Crippen molar-refractivity contribution in [3.8, 4) is 0 Å². The van der Waals surface area contributed by atoms with Crippen LogP contribution in [0.3, 0.4) is 0 Å². The molecule has 0 spiro atoms. The van der Waals surface area contributed by atoms with E-state index in [-0.39, 0.29) is 4.75 Å². The molecule has 0 fully saturated rings. The summed E-state index contributed by atoms with van der Waals surface area (Å²) < 4.78 is 11.1. The summed E-state index contributed by atoms with van der Waals surface area (Å²) in [5, 5.41) is 5.50. The van der Waals surface area contributed by atoms with Gasteiger partial charge in [0.25, 0.3) is 0 Å². The molecule has 3 heteroatoms. The van der Waals surface area contributed by atoms with Gasteiger partial charge in [0.05, 0.1) is 15.7 Å². The van der Waals surface area contributed by atoms with Crippen LogP contribution in [0.15, 0.2) is 11.1 Å². The lowest BCUT2D eigenvalue weighted by atomic mass is 9.90. The third-order valence-corrected chi connectivity index (χ3v) is 4.95. The summed E-state index contributed by atoms with van der Waals surface area (Å²) >= 11 is 0. The number of allylic oxidation sites excluding steroid dienone is 2. The quantitative estimate of drug-likeness (QED) is 0.726. The highest BCUT2D eigenvalue weighted by Gasteiger charge is 2.30. The van der Waals surface area contributed by atoms with E-state index >= 15 is 0 Å². The van der Waals surface area contributed by atoms with Crippen molar-refractivity contribution >= 4 is 11.0 Å². The molecule has 0 amide bonds. The molecule has 2 N–H and O–H groups in total. The normalized spacial score (nSPS) is 15.9. The van der Waals surface area contributed by atoms with Crippen molar-refractivity contribution in [2.24, 2.45) is 11.1 Å². The molecule has 90 valence electrons. The molecule has 0 rings (SSSR count). The molecule has 2 nitrogen and oxygen atoms in total. The van der Waals surface area contributed by atoms with Gasteiger partial charge in [-0.05, 0) is 53.4 Å². The minimum absolute atomic E-state index is 0.290. The van der Waals surface area contributed by atoms with E-state index in [9.17, 15) is 4.21 Å². The predicted octanol–water partition coefficient (Wildman–Crippen LogP) is 3.16. The Morgan fingerprint density at radius 3 is 2.13 bits per heavy atom. The molecule has 0 aromatic carbocycles. The number of nitrogens with two attached hydrogens (primary N) is 1. The van der Waals surface area contributed by atoms with Crippen molar-refractivity contribution in [2.45, 2.75) is 59.1 Å². The third kappa shape index (κ3) is 4.47. The molecular weight excluding hydrogens is 206 g/mol. The average Bonchev–Trinajstić information content (AvgIpc) is 2.12. The summed E-state index contributed by atoms with van der Waals surface area (Å²) in [6.45, 7) is 12.5. The number of rotatable bonds is 5. The van der Waals surface area contributed by atoms with Crippen molar-refractivity contribution in [1.82, 2.24) is 0 Å². The van der Waals surface area contributed by atoms with Crippen LogP contribution in [0.2, 0.25) is 0 Å². The van der Waals surface area contributed by atoms with E-state index in [0.29, 0.717) is 5.92 Å². The van der Waals surface area contributed by atoms with Gasteiger partial charge in [-0.25, -0.2) is 4.21 Å². The average molecular weight is 231 g/mol. The van der Waals surface area contributed by atoms with E-state index in [0.717, 1.165) is 12.8 Å². The minimum atomic E-state index is -1.25. The summed E-state index contributed by atoms with van der Waals surface area (Å²) in [6.07, 6.45) is 2.12. The largest absolute Gasteiger partial charge is 0.251 e. The lowest BCUT2D eigenvalue weighted by Crippen LogP contribution is -2.38. The van der Waals surface area contributed by atoms with Crippen molar-refractivity contribution in [3.05, 3.63) is 11.1 Å². The molecule has 15 heavy (non-hydrogen) atoms. The molecule has 0 aromatic rings.